The number of carbonyl (C=O) groups excluding carboxylic acids is 1. The van der Waals surface area contributed by atoms with Crippen molar-refractivity contribution in [2.75, 3.05) is 5.32 Å². The highest BCUT2D eigenvalue weighted by Gasteiger charge is 2.17. The minimum atomic E-state index is -0.586. The Morgan fingerprint density at radius 1 is 1.41 bits per heavy atom. The molecule has 0 radical (unpaired) electrons. The summed E-state index contributed by atoms with van der Waals surface area (Å²) < 4.78 is 0. The maximum absolute atomic E-state index is 11.7. The number of nitrogens with zero attached hydrogens (tertiary/aromatic N) is 2. The van der Waals surface area contributed by atoms with E-state index in [1.807, 2.05) is 0 Å². The van der Waals surface area contributed by atoms with Gasteiger partial charge in [-0.1, -0.05) is 6.07 Å². The first kappa shape index (κ1) is 11.2. The molecule has 2 aromatic rings. The van der Waals surface area contributed by atoms with Gasteiger partial charge in [-0.3, -0.25) is 14.9 Å². The van der Waals surface area contributed by atoms with Crippen molar-refractivity contribution in [2.45, 2.75) is 0 Å². The van der Waals surface area contributed by atoms with Crippen LogP contribution in [0.3, 0.4) is 0 Å². The fourth-order valence-corrected chi connectivity index (χ4v) is 1.84. The summed E-state index contributed by atoms with van der Waals surface area (Å²) in [4.78, 5) is 26.1. The van der Waals surface area contributed by atoms with Crippen LogP contribution in [0.25, 0.3) is 0 Å². The molecule has 0 saturated carbocycles. The Hall–Kier alpha value is -2.28. The summed E-state index contributed by atoms with van der Waals surface area (Å²) in [6, 6.07) is 6.09. The molecule has 6 nitrogen and oxygen atoms in total. The van der Waals surface area contributed by atoms with Crippen LogP contribution in [0.15, 0.2) is 35.8 Å². The molecule has 86 valence electrons. The molecule has 2 heterocycles. The minimum Gasteiger partial charge on any atom is -0.300 e. The molecule has 1 N–H and O–H groups in total. The fourth-order valence-electron chi connectivity index (χ4n) is 1.22. The van der Waals surface area contributed by atoms with E-state index in [2.05, 4.69) is 10.3 Å². The molecule has 7 heteroatoms. The molecule has 17 heavy (non-hydrogen) atoms. The lowest BCUT2D eigenvalue weighted by Crippen LogP contribution is -2.12. The van der Waals surface area contributed by atoms with Crippen LogP contribution >= 0.6 is 11.3 Å². The Kier molecular flexibility index (Phi) is 3.10. The average molecular weight is 249 g/mol. The largest absolute Gasteiger partial charge is 0.311 e. The quantitative estimate of drug-likeness (QED) is 0.668. The number of nitrogens with one attached hydrogen (secondary N) is 1. The summed E-state index contributed by atoms with van der Waals surface area (Å²) in [5, 5.41) is 14.9. The maximum atomic E-state index is 11.7. The Balaban J connectivity index is 2.25. The highest BCUT2D eigenvalue weighted by molar-refractivity contribution is 7.12. The molecular weight excluding hydrogens is 242 g/mol. The van der Waals surface area contributed by atoms with Crippen molar-refractivity contribution < 1.29 is 9.72 Å². The van der Waals surface area contributed by atoms with Crippen LogP contribution in [-0.2, 0) is 0 Å². The topological polar surface area (TPSA) is 85.1 Å². The summed E-state index contributed by atoms with van der Waals surface area (Å²) in [5.41, 5.74) is -0.225. The van der Waals surface area contributed by atoms with E-state index in [1.54, 1.807) is 17.5 Å². The second kappa shape index (κ2) is 4.71. The molecule has 0 saturated heterocycles. The van der Waals surface area contributed by atoms with Crippen molar-refractivity contribution in [1.82, 2.24) is 4.98 Å². The van der Waals surface area contributed by atoms with Crippen LogP contribution < -0.4 is 5.32 Å². The van der Waals surface area contributed by atoms with Gasteiger partial charge in [0, 0.05) is 12.3 Å². The predicted molar refractivity (Wildman–Crippen MR) is 63.2 cm³/mol. The van der Waals surface area contributed by atoms with E-state index in [4.69, 9.17) is 0 Å². The Bertz CT molecular complexity index is 554. The number of anilines is 1. The normalized spacial score (nSPS) is 9.88. The van der Waals surface area contributed by atoms with Gasteiger partial charge in [-0.15, -0.1) is 11.3 Å². The summed E-state index contributed by atoms with van der Waals surface area (Å²) in [5.74, 6) is -0.447. The van der Waals surface area contributed by atoms with Gasteiger partial charge in [0.1, 0.15) is 0 Å². The monoisotopic (exact) mass is 249 g/mol. The number of nitro groups is 1. The number of hydrogen-bond donors (Lipinski definition) is 1. The third-order valence-electron chi connectivity index (χ3n) is 1.96. The molecule has 0 aliphatic carbocycles. The lowest BCUT2D eigenvalue weighted by Gasteiger charge is -2.02. The van der Waals surface area contributed by atoms with Gasteiger partial charge in [-0.2, -0.15) is 0 Å². The Morgan fingerprint density at radius 3 is 2.88 bits per heavy atom. The second-order valence-electron chi connectivity index (χ2n) is 3.06. The molecule has 0 atom stereocenters. The van der Waals surface area contributed by atoms with Crippen LogP contribution in [0.1, 0.15) is 9.67 Å². The second-order valence-corrected chi connectivity index (χ2v) is 4.01. The van der Waals surface area contributed by atoms with Gasteiger partial charge in [0.15, 0.2) is 0 Å². The van der Waals surface area contributed by atoms with Gasteiger partial charge in [0.25, 0.3) is 5.91 Å². The van der Waals surface area contributed by atoms with E-state index in [1.165, 1.54) is 29.7 Å². The van der Waals surface area contributed by atoms with E-state index in [9.17, 15) is 14.9 Å². The first-order valence-electron chi connectivity index (χ1n) is 4.63. The van der Waals surface area contributed by atoms with Crippen molar-refractivity contribution in [1.29, 1.82) is 0 Å². The van der Waals surface area contributed by atoms with Gasteiger partial charge in [0.05, 0.1) is 9.80 Å². The van der Waals surface area contributed by atoms with Crippen molar-refractivity contribution >= 4 is 28.7 Å². The zero-order chi connectivity index (χ0) is 12.3. The number of rotatable bonds is 3. The smallest absolute Gasteiger partial charge is 0.300 e. The molecule has 0 unspecified atom stereocenters. The average Bonchev–Trinajstić information content (AvgIpc) is 2.83. The molecule has 0 aliphatic heterocycles. The zero-order valence-corrected chi connectivity index (χ0v) is 9.31. The van der Waals surface area contributed by atoms with E-state index >= 15 is 0 Å². The molecule has 2 aromatic heterocycles. The summed E-state index contributed by atoms with van der Waals surface area (Å²) in [6.45, 7) is 0. The highest BCUT2D eigenvalue weighted by Crippen LogP contribution is 2.21. The third kappa shape index (κ3) is 2.45. The number of hydrogen-bond acceptors (Lipinski definition) is 5. The third-order valence-corrected chi connectivity index (χ3v) is 2.83. The van der Waals surface area contributed by atoms with E-state index in [-0.39, 0.29) is 11.5 Å². The van der Waals surface area contributed by atoms with Gasteiger partial charge in [0.2, 0.25) is 5.82 Å². The molecule has 0 spiro atoms. The molecule has 0 aliphatic rings. The minimum absolute atomic E-state index is 0.0455. The van der Waals surface area contributed by atoms with Crippen LogP contribution in [0.4, 0.5) is 11.5 Å². The number of carbonyl (C=O) groups is 1. The van der Waals surface area contributed by atoms with Crippen molar-refractivity contribution in [3.05, 3.63) is 50.8 Å². The molecule has 0 fully saturated rings. The lowest BCUT2D eigenvalue weighted by molar-refractivity contribution is -0.384. The van der Waals surface area contributed by atoms with Gasteiger partial charge in [-0.25, -0.2) is 4.98 Å². The van der Waals surface area contributed by atoms with Crippen LogP contribution in [0.5, 0.6) is 0 Å². The lowest BCUT2D eigenvalue weighted by atomic mass is 10.3. The van der Waals surface area contributed by atoms with Crippen LogP contribution in [0.2, 0.25) is 0 Å². The number of aromatic nitrogens is 1. The summed E-state index contributed by atoms with van der Waals surface area (Å²) in [7, 11) is 0. The summed E-state index contributed by atoms with van der Waals surface area (Å²) >= 11 is 1.25. The SMILES string of the molecule is O=C(Nc1ncccc1[N+](=O)[O-])c1cccs1. The van der Waals surface area contributed by atoms with E-state index < -0.39 is 10.8 Å². The first-order valence-corrected chi connectivity index (χ1v) is 5.50. The van der Waals surface area contributed by atoms with Crippen LogP contribution in [-0.4, -0.2) is 15.8 Å². The Labute approximate surface area is 100 Å². The first-order chi connectivity index (χ1) is 8.18. The molecule has 1 amide bonds. The Morgan fingerprint density at radius 2 is 2.24 bits per heavy atom. The zero-order valence-electron chi connectivity index (χ0n) is 8.49. The van der Waals surface area contributed by atoms with E-state index in [0.717, 1.165) is 0 Å². The summed E-state index contributed by atoms with van der Waals surface area (Å²) in [6.07, 6.45) is 1.39. The maximum Gasteiger partial charge on any atom is 0.311 e. The molecule has 0 aromatic carbocycles. The van der Waals surface area contributed by atoms with Gasteiger partial charge in [-0.05, 0) is 17.5 Å². The molecular formula is C10H7N3O3S. The van der Waals surface area contributed by atoms with Crippen LogP contribution in [0, 0.1) is 10.1 Å². The number of pyridine rings is 1. The fraction of sp³-hybridized carbons (Fsp3) is 0. The standard InChI is InChI=1S/C10H7N3O3S/c14-10(8-4-2-6-17-8)12-9-7(13(15)16)3-1-5-11-9/h1-6H,(H,11,12,14). The number of amides is 1. The van der Waals surface area contributed by atoms with E-state index in [0.29, 0.717) is 4.88 Å². The van der Waals surface area contributed by atoms with Gasteiger partial charge >= 0.3 is 5.69 Å². The molecule has 0 bridgehead atoms. The van der Waals surface area contributed by atoms with Crippen molar-refractivity contribution in [3.8, 4) is 0 Å². The highest BCUT2D eigenvalue weighted by atomic mass is 32.1. The predicted octanol–water partition coefficient (Wildman–Crippen LogP) is 2.30. The van der Waals surface area contributed by atoms with Crippen molar-refractivity contribution in [2.24, 2.45) is 0 Å². The number of thiophene rings is 1. The van der Waals surface area contributed by atoms with Gasteiger partial charge < -0.3 is 5.32 Å². The molecule has 2 rings (SSSR count). The van der Waals surface area contributed by atoms with Crippen molar-refractivity contribution in [3.63, 3.8) is 0 Å².